The molecule has 1 aliphatic carbocycles. The molecule has 0 amide bonds. The Labute approximate surface area is 90.3 Å². The predicted molar refractivity (Wildman–Crippen MR) is 60.8 cm³/mol. The summed E-state index contributed by atoms with van der Waals surface area (Å²) < 4.78 is 0. The van der Waals surface area contributed by atoms with Gasteiger partial charge in [0.15, 0.2) is 0 Å². The van der Waals surface area contributed by atoms with Crippen LogP contribution in [0.2, 0.25) is 5.02 Å². The molecule has 76 valence electrons. The van der Waals surface area contributed by atoms with Gasteiger partial charge in [0.2, 0.25) is 0 Å². The minimum atomic E-state index is 0.328. The van der Waals surface area contributed by atoms with Crippen LogP contribution in [-0.4, -0.2) is 6.04 Å². The van der Waals surface area contributed by atoms with E-state index in [-0.39, 0.29) is 0 Å². The zero-order chi connectivity index (χ0) is 10.1. The highest BCUT2D eigenvalue weighted by Gasteiger charge is 2.25. The van der Waals surface area contributed by atoms with Crippen molar-refractivity contribution in [2.24, 2.45) is 5.73 Å². The van der Waals surface area contributed by atoms with Crippen molar-refractivity contribution in [3.05, 3.63) is 34.3 Å². The van der Waals surface area contributed by atoms with Crippen molar-refractivity contribution in [3.8, 4) is 0 Å². The van der Waals surface area contributed by atoms with Gasteiger partial charge in [-0.15, -0.1) is 0 Å². The zero-order valence-electron chi connectivity index (χ0n) is 8.46. The van der Waals surface area contributed by atoms with Gasteiger partial charge in [0, 0.05) is 11.1 Å². The van der Waals surface area contributed by atoms with Crippen molar-refractivity contribution < 1.29 is 0 Å². The molecule has 1 aromatic carbocycles. The van der Waals surface area contributed by atoms with E-state index >= 15 is 0 Å². The van der Waals surface area contributed by atoms with E-state index in [0.29, 0.717) is 12.0 Å². The molecule has 1 fully saturated rings. The van der Waals surface area contributed by atoms with Gasteiger partial charge in [-0.05, 0) is 42.9 Å². The molecule has 2 atom stereocenters. The molecular weight excluding hydrogens is 194 g/mol. The second-order valence-electron chi connectivity index (χ2n) is 4.21. The van der Waals surface area contributed by atoms with Gasteiger partial charge in [0.25, 0.3) is 0 Å². The van der Waals surface area contributed by atoms with Crippen LogP contribution in [0, 0.1) is 6.92 Å². The lowest BCUT2D eigenvalue weighted by atomic mass is 9.94. The Bertz CT molecular complexity index is 335. The van der Waals surface area contributed by atoms with E-state index < -0.39 is 0 Å². The molecule has 0 spiro atoms. The third-order valence-corrected chi connectivity index (χ3v) is 3.60. The van der Waals surface area contributed by atoms with Crippen molar-refractivity contribution in [2.75, 3.05) is 0 Å². The molecule has 0 radical (unpaired) electrons. The average Bonchev–Trinajstić information content (AvgIpc) is 2.57. The van der Waals surface area contributed by atoms with Gasteiger partial charge in [-0.25, -0.2) is 0 Å². The van der Waals surface area contributed by atoms with E-state index in [0.717, 1.165) is 17.0 Å². The number of aryl methyl sites for hydroxylation is 1. The van der Waals surface area contributed by atoms with Crippen molar-refractivity contribution in [3.63, 3.8) is 0 Å². The summed E-state index contributed by atoms with van der Waals surface area (Å²) in [6.45, 7) is 2.03. The fraction of sp³-hybridized carbons (Fsp3) is 0.500. The second-order valence-corrected chi connectivity index (χ2v) is 4.62. The minimum absolute atomic E-state index is 0.328. The standard InChI is InChI=1S/C12H16ClN/c1-8-5-6-9(7-11(8)13)10-3-2-4-12(10)14/h5-7,10,12H,2-4,14H2,1H3. The van der Waals surface area contributed by atoms with Crippen LogP contribution in [0.1, 0.15) is 36.3 Å². The normalized spacial score (nSPS) is 26.8. The maximum atomic E-state index is 6.10. The third-order valence-electron chi connectivity index (χ3n) is 3.19. The Balaban J connectivity index is 2.28. The van der Waals surface area contributed by atoms with Gasteiger partial charge in [-0.1, -0.05) is 30.2 Å². The highest BCUT2D eigenvalue weighted by atomic mass is 35.5. The van der Waals surface area contributed by atoms with Crippen LogP contribution in [0.15, 0.2) is 18.2 Å². The first kappa shape index (κ1) is 10.0. The maximum absolute atomic E-state index is 6.10. The van der Waals surface area contributed by atoms with Crippen LogP contribution in [0.25, 0.3) is 0 Å². The number of nitrogens with two attached hydrogens (primary N) is 1. The summed E-state index contributed by atoms with van der Waals surface area (Å²) in [7, 11) is 0. The Morgan fingerprint density at radius 3 is 2.71 bits per heavy atom. The number of benzene rings is 1. The minimum Gasteiger partial charge on any atom is -0.327 e. The van der Waals surface area contributed by atoms with Crippen molar-refractivity contribution >= 4 is 11.6 Å². The largest absolute Gasteiger partial charge is 0.327 e. The summed E-state index contributed by atoms with van der Waals surface area (Å²) >= 11 is 6.10. The SMILES string of the molecule is Cc1ccc(C2CCCC2N)cc1Cl. The van der Waals surface area contributed by atoms with E-state index in [1.54, 1.807) is 0 Å². The fourth-order valence-corrected chi connectivity index (χ4v) is 2.43. The summed E-state index contributed by atoms with van der Waals surface area (Å²) in [5.74, 6) is 0.521. The number of rotatable bonds is 1. The van der Waals surface area contributed by atoms with Gasteiger partial charge in [-0.2, -0.15) is 0 Å². The molecule has 2 heteroatoms. The number of hydrogen-bond donors (Lipinski definition) is 1. The highest BCUT2D eigenvalue weighted by molar-refractivity contribution is 6.31. The first-order valence-corrected chi connectivity index (χ1v) is 5.58. The molecule has 1 nitrogen and oxygen atoms in total. The molecule has 0 bridgehead atoms. The van der Waals surface area contributed by atoms with Crippen LogP contribution < -0.4 is 5.73 Å². The summed E-state index contributed by atoms with van der Waals surface area (Å²) in [5, 5.41) is 0.863. The highest BCUT2D eigenvalue weighted by Crippen LogP contribution is 2.34. The van der Waals surface area contributed by atoms with Crippen LogP contribution >= 0.6 is 11.6 Å². The zero-order valence-corrected chi connectivity index (χ0v) is 9.22. The Morgan fingerprint density at radius 2 is 2.14 bits per heavy atom. The Kier molecular flexibility index (Phi) is 2.80. The summed E-state index contributed by atoms with van der Waals surface area (Å²) in [6, 6.07) is 6.65. The smallest absolute Gasteiger partial charge is 0.0438 e. The van der Waals surface area contributed by atoms with E-state index in [4.69, 9.17) is 17.3 Å². The average molecular weight is 210 g/mol. The maximum Gasteiger partial charge on any atom is 0.0438 e. The summed E-state index contributed by atoms with van der Waals surface area (Å²) in [5.41, 5.74) is 8.51. The quantitative estimate of drug-likeness (QED) is 0.755. The number of halogens is 1. The monoisotopic (exact) mass is 209 g/mol. The van der Waals surface area contributed by atoms with Crippen LogP contribution in [0.5, 0.6) is 0 Å². The molecule has 0 aromatic heterocycles. The van der Waals surface area contributed by atoms with Gasteiger partial charge in [0.1, 0.15) is 0 Å². The van der Waals surface area contributed by atoms with E-state index in [1.165, 1.54) is 18.4 Å². The van der Waals surface area contributed by atoms with Crippen molar-refractivity contribution in [2.45, 2.75) is 38.1 Å². The Hall–Kier alpha value is -0.530. The van der Waals surface area contributed by atoms with E-state index in [1.807, 2.05) is 6.92 Å². The van der Waals surface area contributed by atoms with Gasteiger partial charge < -0.3 is 5.73 Å². The molecule has 2 N–H and O–H groups in total. The van der Waals surface area contributed by atoms with Gasteiger partial charge in [0.05, 0.1) is 0 Å². The van der Waals surface area contributed by atoms with Gasteiger partial charge in [-0.3, -0.25) is 0 Å². The molecule has 0 saturated heterocycles. The van der Waals surface area contributed by atoms with Crippen LogP contribution in [-0.2, 0) is 0 Å². The first-order valence-electron chi connectivity index (χ1n) is 5.20. The van der Waals surface area contributed by atoms with Gasteiger partial charge >= 0.3 is 0 Å². The van der Waals surface area contributed by atoms with Crippen LogP contribution in [0.3, 0.4) is 0 Å². The molecule has 2 rings (SSSR count). The molecule has 2 unspecified atom stereocenters. The molecular formula is C12H16ClN. The third kappa shape index (κ3) is 1.79. The molecule has 14 heavy (non-hydrogen) atoms. The molecule has 0 aliphatic heterocycles. The van der Waals surface area contributed by atoms with Crippen molar-refractivity contribution in [1.29, 1.82) is 0 Å². The lowest BCUT2D eigenvalue weighted by Gasteiger charge is -2.16. The fourth-order valence-electron chi connectivity index (χ4n) is 2.24. The lowest BCUT2D eigenvalue weighted by molar-refractivity contribution is 0.613. The number of hydrogen-bond acceptors (Lipinski definition) is 1. The lowest BCUT2D eigenvalue weighted by Crippen LogP contribution is -2.22. The van der Waals surface area contributed by atoms with Crippen LogP contribution in [0.4, 0.5) is 0 Å². The second kappa shape index (κ2) is 3.92. The molecule has 1 aromatic rings. The van der Waals surface area contributed by atoms with E-state index in [2.05, 4.69) is 18.2 Å². The van der Waals surface area contributed by atoms with E-state index in [9.17, 15) is 0 Å². The summed E-state index contributed by atoms with van der Waals surface area (Å²) in [4.78, 5) is 0. The molecule has 0 heterocycles. The van der Waals surface area contributed by atoms with Crippen molar-refractivity contribution in [1.82, 2.24) is 0 Å². The molecule has 1 aliphatic rings. The summed E-state index contributed by atoms with van der Waals surface area (Å²) in [6.07, 6.45) is 3.61. The predicted octanol–water partition coefficient (Wildman–Crippen LogP) is 3.24. The first-order chi connectivity index (χ1) is 6.68. The molecule has 1 saturated carbocycles. The Morgan fingerprint density at radius 1 is 1.36 bits per heavy atom. The topological polar surface area (TPSA) is 26.0 Å².